The second-order valence-electron chi connectivity index (χ2n) is 3.03. The molecule has 1 rings (SSSR count). The number of benzene rings is 1. The van der Waals surface area contributed by atoms with Crippen molar-refractivity contribution in [3.63, 3.8) is 0 Å². The highest BCUT2D eigenvalue weighted by atomic mass is 16.3. The minimum Gasteiger partial charge on any atom is -0.512 e. The first-order chi connectivity index (χ1) is 6.61. The predicted molar refractivity (Wildman–Crippen MR) is 56.1 cm³/mol. The Morgan fingerprint density at radius 3 is 2.29 bits per heavy atom. The molecule has 0 atom stereocenters. The molecule has 14 heavy (non-hydrogen) atoms. The Morgan fingerprint density at radius 2 is 1.79 bits per heavy atom. The maximum Gasteiger partial charge on any atom is 0.254 e. The highest BCUT2D eigenvalue weighted by Gasteiger charge is 2.06. The van der Waals surface area contributed by atoms with E-state index in [1.54, 1.807) is 19.1 Å². The van der Waals surface area contributed by atoms with Gasteiger partial charge in [-0.3, -0.25) is 4.79 Å². The van der Waals surface area contributed by atoms with Gasteiger partial charge in [0.15, 0.2) is 0 Å². The number of aliphatic hydroxyl groups excluding tert-OH is 1. The van der Waals surface area contributed by atoms with Crippen molar-refractivity contribution in [3.8, 4) is 0 Å². The van der Waals surface area contributed by atoms with Gasteiger partial charge in [0.1, 0.15) is 0 Å². The van der Waals surface area contributed by atoms with Gasteiger partial charge in [-0.2, -0.15) is 0 Å². The fourth-order valence-electron chi connectivity index (χ4n) is 0.911. The molecule has 0 bridgehead atoms. The molecule has 0 aromatic heterocycles. The van der Waals surface area contributed by atoms with E-state index in [9.17, 15) is 4.79 Å². The lowest BCUT2D eigenvalue weighted by Crippen LogP contribution is -2.13. The maximum atomic E-state index is 11.4. The first-order valence-electron chi connectivity index (χ1n) is 4.34. The van der Waals surface area contributed by atoms with Gasteiger partial charge in [-0.05, 0) is 26.0 Å². The van der Waals surface area contributed by atoms with Crippen LogP contribution in [0.15, 0.2) is 41.7 Å². The topological polar surface area (TPSA) is 49.3 Å². The van der Waals surface area contributed by atoms with Crippen molar-refractivity contribution in [2.75, 3.05) is 5.32 Å². The van der Waals surface area contributed by atoms with Crippen molar-refractivity contribution >= 4 is 11.6 Å². The molecule has 0 radical (unpaired) electrons. The molecule has 1 aromatic rings. The number of rotatable bonds is 2. The second-order valence-corrected chi connectivity index (χ2v) is 3.03. The van der Waals surface area contributed by atoms with Crippen LogP contribution in [0, 0.1) is 0 Å². The monoisotopic (exact) mass is 191 g/mol. The molecule has 0 aliphatic carbocycles. The van der Waals surface area contributed by atoms with Crippen LogP contribution >= 0.6 is 0 Å². The SMILES string of the molecule is C/C(O)=C(/C)C(=O)Nc1ccccc1. The lowest BCUT2D eigenvalue weighted by molar-refractivity contribution is -0.113. The molecule has 0 aliphatic rings. The van der Waals surface area contributed by atoms with E-state index in [2.05, 4.69) is 5.32 Å². The third kappa shape index (κ3) is 2.62. The summed E-state index contributed by atoms with van der Waals surface area (Å²) in [5, 5.41) is 11.8. The van der Waals surface area contributed by atoms with Crippen LogP contribution in [0.2, 0.25) is 0 Å². The molecule has 0 saturated carbocycles. The van der Waals surface area contributed by atoms with Crippen LogP contribution in [0.5, 0.6) is 0 Å². The molecule has 0 aliphatic heterocycles. The molecule has 0 heterocycles. The van der Waals surface area contributed by atoms with Gasteiger partial charge in [0.2, 0.25) is 0 Å². The molecule has 0 spiro atoms. The van der Waals surface area contributed by atoms with Crippen LogP contribution in [0.3, 0.4) is 0 Å². The third-order valence-electron chi connectivity index (χ3n) is 1.91. The first-order valence-corrected chi connectivity index (χ1v) is 4.34. The summed E-state index contributed by atoms with van der Waals surface area (Å²) in [6.07, 6.45) is 0. The van der Waals surface area contributed by atoms with Crippen LogP contribution in [0.25, 0.3) is 0 Å². The van der Waals surface area contributed by atoms with Gasteiger partial charge >= 0.3 is 0 Å². The summed E-state index contributed by atoms with van der Waals surface area (Å²) >= 11 is 0. The van der Waals surface area contributed by atoms with Crippen molar-refractivity contribution in [3.05, 3.63) is 41.7 Å². The number of amides is 1. The molecular weight excluding hydrogens is 178 g/mol. The van der Waals surface area contributed by atoms with E-state index in [1.165, 1.54) is 6.92 Å². The minimum atomic E-state index is -0.281. The summed E-state index contributed by atoms with van der Waals surface area (Å²) < 4.78 is 0. The highest BCUT2D eigenvalue weighted by molar-refractivity contribution is 6.03. The first kappa shape index (κ1) is 10.3. The fraction of sp³-hybridized carbons (Fsp3) is 0.182. The number of allylic oxidation sites excluding steroid dienone is 1. The van der Waals surface area contributed by atoms with Gasteiger partial charge in [0, 0.05) is 5.69 Å². The fourth-order valence-corrected chi connectivity index (χ4v) is 0.911. The van der Waals surface area contributed by atoms with E-state index in [0.29, 0.717) is 5.57 Å². The standard InChI is InChI=1S/C11H13NO2/c1-8(9(2)13)11(14)12-10-6-4-3-5-7-10/h3-7,13H,1-2H3,(H,12,14)/b9-8+. The molecule has 0 fully saturated rings. The van der Waals surface area contributed by atoms with Gasteiger partial charge in [-0.15, -0.1) is 0 Å². The Balaban J connectivity index is 2.72. The van der Waals surface area contributed by atoms with E-state index in [4.69, 9.17) is 5.11 Å². The third-order valence-corrected chi connectivity index (χ3v) is 1.91. The molecule has 74 valence electrons. The van der Waals surface area contributed by atoms with Crippen LogP contribution in [0.4, 0.5) is 5.69 Å². The molecule has 3 heteroatoms. The lowest BCUT2D eigenvalue weighted by Gasteiger charge is -2.05. The van der Waals surface area contributed by atoms with E-state index in [1.807, 2.05) is 18.2 Å². The quantitative estimate of drug-likeness (QED) is 0.557. The summed E-state index contributed by atoms with van der Waals surface area (Å²) in [5.74, 6) is -0.241. The average Bonchev–Trinajstić information content (AvgIpc) is 2.18. The van der Waals surface area contributed by atoms with Crippen molar-refractivity contribution in [1.82, 2.24) is 0 Å². The number of hydrogen-bond donors (Lipinski definition) is 2. The Labute approximate surface area is 83.1 Å². The predicted octanol–water partition coefficient (Wildman–Crippen LogP) is 2.48. The van der Waals surface area contributed by atoms with E-state index in [0.717, 1.165) is 5.69 Å². The second kappa shape index (κ2) is 4.46. The average molecular weight is 191 g/mol. The zero-order valence-corrected chi connectivity index (χ0v) is 8.24. The molecule has 1 amide bonds. The number of anilines is 1. The lowest BCUT2D eigenvalue weighted by atomic mass is 10.2. The number of hydrogen-bond acceptors (Lipinski definition) is 2. The molecule has 2 N–H and O–H groups in total. The Morgan fingerprint density at radius 1 is 1.21 bits per heavy atom. The van der Waals surface area contributed by atoms with E-state index in [-0.39, 0.29) is 11.7 Å². The molecule has 0 saturated heterocycles. The van der Waals surface area contributed by atoms with Crippen LogP contribution in [-0.2, 0) is 4.79 Å². The summed E-state index contributed by atoms with van der Waals surface area (Å²) in [6, 6.07) is 9.12. The normalized spacial score (nSPS) is 11.9. The van der Waals surface area contributed by atoms with Gasteiger partial charge in [-0.25, -0.2) is 0 Å². The van der Waals surface area contributed by atoms with Crippen molar-refractivity contribution in [1.29, 1.82) is 0 Å². The van der Waals surface area contributed by atoms with Gasteiger partial charge in [-0.1, -0.05) is 18.2 Å². The van der Waals surface area contributed by atoms with Crippen LogP contribution < -0.4 is 5.32 Å². The van der Waals surface area contributed by atoms with Crippen molar-refractivity contribution in [2.24, 2.45) is 0 Å². The number of carbonyl (C=O) groups is 1. The molecular formula is C11H13NO2. The van der Waals surface area contributed by atoms with E-state index >= 15 is 0 Å². The van der Waals surface area contributed by atoms with E-state index < -0.39 is 0 Å². The minimum absolute atomic E-state index is 0.0402. The number of para-hydroxylation sites is 1. The number of carbonyl (C=O) groups excluding carboxylic acids is 1. The van der Waals surface area contributed by atoms with Crippen molar-refractivity contribution in [2.45, 2.75) is 13.8 Å². The van der Waals surface area contributed by atoms with Gasteiger partial charge in [0.25, 0.3) is 5.91 Å². The summed E-state index contributed by atoms with van der Waals surface area (Å²) in [4.78, 5) is 11.4. The zero-order valence-electron chi connectivity index (χ0n) is 8.24. The van der Waals surface area contributed by atoms with Crippen molar-refractivity contribution < 1.29 is 9.90 Å². The molecule has 0 unspecified atom stereocenters. The Kier molecular flexibility index (Phi) is 3.29. The van der Waals surface area contributed by atoms with Crippen LogP contribution in [0.1, 0.15) is 13.8 Å². The summed E-state index contributed by atoms with van der Waals surface area (Å²) in [7, 11) is 0. The number of aliphatic hydroxyl groups is 1. The largest absolute Gasteiger partial charge is 0.512 e. The zero-order chi connectivity index (χ0) is 10.6. The van der Waals surface area contributed by atoms with Gasteiger partial charge in [0.05, 0.1) is 11.3 Å². The Bertz CT molecular complexity index is 351. The Hall–Kier alpha value is -1.77. The smallest absolute Gasteiger partial charge is 0.254 e. The summed E-state index contributed by atoms with van der Waals surface area (Å²) in [6.45, 7) is 3.06. The van der Waals surface area contributed by atoms with Crippen LogP contribution in [-0.4, -0.2) is 11.0 Å². The molecule has 1 aromatic carbocycles. The maximum absolute atomic E-state index is 11.4. The highest BCUT2D eigenvalue weighted by Crippen LogP contribution is 2.08. The summed E-state index contributed by atoms with van der Waals surface area (Å²) in [5.41, 5.74) is 1.05. The molecule has 3 nitrogen and oxygen atoms in total. The van der Waals surface area contributed by atoms with Gasteiger partial charge < -0.3 is 10.4 Å². The number of nitrogens with one attached hydrogen (secondary N) is 1.